The smallest absolute Gasteiger partial charge is 0.125 e. The molecule has 0 aliphatic rings. The molecule has 0 aliphatic carbocycles. The average Bonchev–Trinajstić information content (AvgIpc) is 2.89. The molecule has 0 fully saturated rings. The van der Waals surface area contributed by atoms with Gasteiger partial charge in [-0.05, 0) is 61.0 Å². The molecule has 0 heterocycles. The highest BCUT2D eigenvalue weighted by Crippen LogP contribution is 2.50. The normalized spacial score (nSPS) is 15.1. The Balaban J connectivity index is 2.76. The van der Waals surface area contributed by atoms with E-state index in [4.69, 9.17) is 5.11 Å². The minimum absolute atomic E-state index is 0.0976. The van der Waals surface area contributed by atoms with Gasteiger partial charge in [-0.15, -0.1) is 0 Å². The van der Waals surface area contributed by atoms with Gasteiger partial charge in [-0.1, -0.05) is 155 Å². The van der Waals surface area contributed by atoms with Crippen LogP contribution in [0.2, 0.25) is 16.6 Å². The number of aliphatic hydroxyl groups excluding tert-OH is 1. The van der Waals surface area contributed by atoms with Crippen LogP contribution >= 0.6 is 11.2 Å². The molecule has 0 aliphatic heterocycles. The third-order valence-electron chi connectivity index (χ3n) is 7.22. The van der Waals surface area contributed by atoms with Crippen molar-refractivity contribution in [3.63, 3.8) is 0 Å². The second-order valence-corrected chi connectivity index (χ2v) is 20.4. The number of aliphatic hydroxyl groups is 1. The van der Waals surface area contributed by atoms with Crippen molar-refractivity contribution in [2.75, 3.05) is 6.61 Å². The van der Waals surface area contributed by atoms with Crippen molar-refractivity contribution < 1.29 is 5.11 Å². The molecule has 1 nitrogen and oxygen atoms in total. The Labute approximate surface area is 251 Å². The zero-order valence-corrected chi connectivity index (χ0v) is 28.6. The summed E-state index contributed by atoms with van der Waals surface area (Å²) in [5, 5.41) is 9.03. The lowest BCUT2D eigenvalue weighted by molar-refractivity contribution is 0.331. The van der Waals surface area contributed by atoms with Crippen LogP contribution in [-0.4, -0.2) is 18.9 Å². The van der Waals surface area contributed by atoms with Crippen molar-refractivity contribution >= 4 is 24.5 Å². The molecule has 3 heteroatoms. The summed E-state index contributed by atoms with van der Waals surface area (Å²) in [6.45, 7) is 23.0. The van der Waals surface area contributed by atoms with Gasteiger partial charge in [0.05, 0.1) is 6.61 Å². The summed E-state index contributed by atoms with van der Waals surface area (Å²) in [5.74, 6) is 1.10. The van der Waals surface area contributed by atoms with Crippen molar-refractivity contribution in [3.05, 3.63) is 125 Å². The lowest BCUT2D eigenvalue weighted by atomic mass is 10.1. The maximum atomic E-state index is 9.03. The van der Waals surface area contributed by atoms with Crippen LogP contribution in [0.5, 0.6) is 0 Å². The average molecular weight is 575 g/mol. The second kappa shape index (κ2) is 18.9. The molecule has 40 heavy (non-hydrogen) atoms. The first kappa shape index (κ1) is 35.7. The molecule has 0 aromatic heterocycles. The molecule has 1 N–H and O–H groups in total. The third kappa shape index (κ3) is 12.9. The lowest BCUT2D eigenvalue weighted by Gasteiger charge is -2.42. The van der Waals surface area contributed by atoms with Gasteiger partial charge in [0.1, 0.15) is 7.22 Å². The number of hydrogen-bond donors (Lipinski definition) is 1. The molecule has 0 saturated carbocycles. The number of hydrogen-bond acceptors (Lipinski definition) is 2. The highest BCUT2D eigenvalue weighted by Gasteiger charge is 2.43. The fourth-order valence-electron chi connectivity index (χ4n) is 5.07. The molecule has 1 aromatic carbocycles. The predicted octanol–water partition coefficient (Wildman–Crippen LogP) is 11.6. The SMILES string of the molecule is CC(/C=C/C=C(C)/C=C/c1cccc(CS[Si](C(C)C)(C(C)C)C(C)C)c1)=C\C=C\C=C(C)\C=C\C=C(/C)CO. The summed E-state index contributed by atoms with van der Waals surface area (Å²) in [5.41, 5.74) is 9.54. The van der Waals surface area contributed by atoms with Crippen LogP contribution in [0, 0.1) is 0 Å². The Morgan fingerprint density at radius 1 is 0.725 bits per heavy atom. The molecular weight excluding hydrogens is 521 g/mol. The van der Waals surface area contributed by atoms with E-state index in [0.29, 0.717) is 0 Å². The van der Waals surface area contributed by atoms with Crippen molar-refractivity contribution in [1.29, 1.82) is 0 Å². The number of benzene rings is 1. The number of allylic oxidation sites excluding steroid dienone is 14. The van der Waals surface area contributed by atoms with Crippen LogP contribution in [0.25, 0.3) is 6.08 Å². The first-order valence-corrected chi connectivity index (χ1v) is 18.6. The van der Waals surface area contributed by atoms with Gasteiger partial charge in [0, 0.05) is 5.75 Å². The summed E-state index contributed by atoms with van der Waals surface area (Å²) in [4.78, 5) is 0. The minimum Gasteiger partial charge on any atom is -0.392 e. The Bertz CT molecular complexity index is 1130. The van der Waals surface area contributed by atoms with Crippen molar-refractivity contribution in [3.8, 4) is 0 Å². The minimum atomic E-state index is -1.46. The molecule has 0 amide bonds. The highest BCUT2D eigenvalue weighted by atomic mass is 32.4. The topological polar surface area (TPSA) is 20.2 Å². The van der Waals surface area contributed by atoms with Crippen molar-refractivity contribution in [2.24, 2.45) is 0 Å². The van der Waals surface area contributed by atoms with E-state index >= 15 is 0 Å². The molecule has 0 unspecified atom stereocenters. The van der Waals surface area contributed by atoms with Gasteiger partial charge >= 0.3 is 0 Å². The zero-order chi connectivity index (χ0) is 30.1. The van der Waals surface area contributed by atoms with Gasteiger partial charge in [-0.2, -0.15) is 11.2 Å². The molecule has 0 atom stereocenters. The van der Waals surface area contributed by atoms with Gasteiger partial charge < -0.3 is 5.11 Å². The third-order valence-corrected chi connectivity index (χ3v) is 19.8. The van der Waals surface area contributed by atoms with Crippen LogP contribution in [0.3, 0.4) is 0 Å². The zero-order valence-electron chi connectivity index (χ0n) is 26.7. The van der Waals surface area contributed by atoms with Crippen LogP contribution in [0.1, 0.15) is 80.4 Å². The summed E-state index contributed by atoms with van der Waals surface area (Å²) >= 11 is 2.27. The monoisotopic (exact) mass is 574 g/mol. The Kier molecular flexibility index (Phi) is 16.9. The first-order chi connectivity index (χ1) is 18.9. The van der Waals surface area contributed by atoms with Crippen LogP contribution in [0.4, 0.5) is 0 Å². The van der Waals surface area contributed by atoms with Gasteiger partial charge in [-0.3, -0.25) is 0 Å². The summed E-state index contributed by atoms with van der Waals surface area (Å²) < 4.78 is 0. The van der Waals surface area contributed by atoms with E-state index in [9.17, 15) is 0 Å². The Morgan fingerprint density at radius 3 is 1.75 bits per heavy atom. The lowest BCUT2D eigenvalue weighted by Crippen LogP contribution is -2.41. The van der Waals surface area contributed by atoms with Gasteiger partial charge in [0.2, 0.25) is 0 Å². The van der Waals surface area contributed by atoms with Gasteiger partial charge in [-0.25, -0.2) is 0 Å². The second-order valence-electron chi connectivity index (χ2n) is 11.7. The van der Waals surface area contributed by atoms with E-state index in [0.717, 1.165) is 33.5 Å². The molecule has 0 bridgehead atoms. The van der Waals surface area contributed by atoms with Crippen molar-refractivity contribution in [1.82, 2.24) is 0 Å². The van der Waals surface area contributed by atoms with Crippen molar-refractivity contribution in [2.45, 2.75) is 91.6 Å². The Morgan fingerprint density at radius 2 is 1.23 bits per heavy atom. The number of rotatable bonds is 15. The van der Waals surface area contributed by atoms with Crippen LogP contribution in [0.15, 0.2) is 113 Å². The predicted molar refractivity (Wildman–Crippen MR) is 187 cm³/mol. The van der Waals surface area contributed by atoms with Gasteiger partial charge in [0.15, 0.2) is 0 Å². The largest absolute Gasteiger partial charge is 0.392 e. The quantitative estimate of drug-likeness (QED) is 0.166. The molecule has 218 valence electrons. The van der Waals surface area contributed by atoms with E-state index in [1.165, 1.54) is 22.3 Å². The fraction of sp³-hybridized carbons (Fsp3) is 0.405. The van der Waals surface area contributed by atoms with Gasteiger partial charge in [0.25, 0.3) is 0 Å². The maximum absolute atomic E-state index is 9.03. The molecule has 0 spiro atoms. The Hall–Kier alpha value is -2.33. The summed E-state index contributed by atoms with van der Waals surface area (Å²) in [6.07, 6.45) is 25.0. The standard InChI is InChI=1S/C37H54OSSi/c1-29(2)40(30(3)4,31(5)6)39-28-37-23-15-22-36(26-37)25-24-34(9)20-13-18-32(7)16-11-12-17-33(8)19-14-21-35(10)27-38/h11-26,29-31,38H,27-28H2,1-10H3/b12-11+,18-13+,19-14+,25-24+,32-16+,33-17+,34-20+,35-21+. The molecule has 1 rings (SSSR count). The molecular formula is C37H54OSSi. The van der Waals surface area contributed by atoms with Crippen LogP contribution in [-0.2, 0) is 5.75 Å². The van der Waals surface area contributed by atoms with Crippen LogP contribution < -0.4 is 0 Å². The summed E-state index contributed by atoms with van der Waals surface area (Å²) in [6, 6.07) is 9.03. The molecule has 0 saturated heterocycles. The van der Waals surface area contributed by atoms with E-state index in [2.05, 4.69) is 146 Å². The van der Waals surface area contributed by atoms with E-state index in [1.54, 1.807) is 0 Å². The van der Waals surface area contributed by atoms with E-state index < -0.39 is 7.22 Å². The maximum Gasteiger partial charge on any atom is 0.125 e. The van der Waals surface area contributed by atoms with E-state index in [1.807, 2.05) is 31.2 Å². The first-order valence-electron chi connectivity index (χ1n) is 14.6. The highest BCUT2D eigenvalue weighted by molar-refractivity contribution is 8.28. The molecule has 1 aromatic rings. The van der Waals surface area contributed by atoms with E-state index in [-0.39, 0.29) is 6.61 Å². The fourth-order valence-corrected chi connectivity index (χ4v) is 14.9. The molecule has 0 radical (unpaired) electrons. The summed E-state index contributed by atoms with van der Waals surface area (Å²) in [7, 11) is -1.46.